The van der Waals surface area contributed by atoms with Crippen LogP contribution < -0.4 is 4.74 Å². The first-order chi connectivity index (χ1) is 14.7. The molecule has 5 nitrogen and oxygen atoms in total. The summed E-state index contributed by atoms with van der Waals surface area (Å²) in [5.74, 6) is 0.960. The number of fused-ring (bicyclic) bond motifs is 1. The minimum atomic E-state index is -0.275. The molecule has 0 radical (unpaired) electrons. The van der Waals surface area contributed by atoms with Crippen molar-refractivity contribution >= 4 is 16.7 Å². The number of ketones is 1. The zero-order valence-corrected chi connectivity index (χ0v) is 17.0. The maximum absolute atomic E-state index is 13.0. The normalized spacial score (nSPS) is 17.2. The molecule has 156 valence electrons. The number of Topliss-reactive ketones (excluding diaryl/α,β-unsaturated/α-hetero) is 1. The molecule has 0 amide bonds. The van der Waals surface area contributed by atoms with Gasteiger partial charge in [-0.1, -0.05) is 24.3 Å². The Kier molecular flexibility index (Phi) is 6.64. The van der Waals surface area contributed by atoms with Crippen LogP contribution in [0.4, 0.5) is 4.39 Å². The Morgan fingerprint density at radius 2 is 1.97 bits per heavy atom. The summed E-state index contributed by atoms with van der Waals surface area (Å²) in [5.41, 5.74) is 1.75. The van der Waals surface area contributed by atoms with E-state index >= 15 is 0 Å². The number of nitrogens with zero attached hydrogens (tertiary/aromatic N) is 3. The van der Waals surface area contributed by atoms with Crippen molar-refractivity contribution in [3.63, 3.8) is 0 Å². The number of aromatic nitrogens is 2. The summed E-state index contributed by atoms with van der Waals surface area (Å²) in [4.78, 5) is 23.2. The number of para-hydroxylation sites is 1. The second-order valence-electron chi connectivity index (χ2n) is 7.91. The van der Waals surface area contributed by atoms with Crippen molar-refractivity contribution in [3.05, 3.63) is 66.2 Å². The van der Waals surface area contributed by atoms with Gasteiger partial charge >= 0.3 is 0 Å². The van der Waals surface area contributed by atoms with Crippen molar-refractivity contribution in [1.82, 2.24) is 14.9 Å². The van der Waals surface area contributed by atoms with Crippen LogP contribution in [-0.2, 0) is 11.2 Å². The molecule has 0 spiro atoms. The smallest absolute Gasteiger partial charge is 0.224 e. The van der Waals surface area contributed by atoms with Gasteiger partial charge in [0, 0.05) is 31.8 Å². The van der Waals surface area contributed by atoms with Crippen molar-refractivity contribution in [2.45, 2.75) is 25.7 Å². The number of carbonyl (C=O) groups excluding carboxylic acids is 1. The van der Waals surface area contributed by atoms with Gasteiger partial charge in [0.1, 0.15) is 17.9 Å². The van der Waals surface area contributed by atoms with Crippen molar-refractivity contribution in [2.75, 3.05) is 26.2 Å². The van der Waals surface area contributed by atoms with Gasteiger partial charge in [0.15, 0.2) is 0 Å². The van der Waals surface area contributed by atoms with E-state index in [9.17, 15) is 9.18 Å². The maximum atomic E-state index is 13.0. The van der Waals surface area contributed by atoms with Crippen LogP contribution in [0.1, 0.15) is 24.8 Å². The third-order valence-electron chi connectivity index (χ3n) is 5.59. The fourth-order valence-corrected chi connectivity index (χ4v) is 3.98. The monoisotopic (exact) mass is 407 g/mol. The molecule has 0 bridgehead atoms. The summed E-state index contributed by atoms with van der Waals surface area (Å²) in [6.07, 6.45) is 4.63. The molecule has 1 aliphatic rings. The largest absolute Gasteiger partial charge is 0.477 e. The Morgan fingerprint density at radius 1 is 1.13 bits per heavy atom. The fourth-order valence-electron chi connectivity index (χ4n) is 3.98. The predicted molar refractivity (Wildman–Crippen MR) is 114 cm³/mol. The van der Waals surface area contributed by atoms with Crippen molar-refractivity contribution in [1.29, 1.82) is 0 Å². The average molecular weight is 407 g/mol. The molecule has 3 aromatic rings. The summed E-state index contributed by atoms with van der Waals surface area (Å²) in [7, 11) is 0. The number of hydrogen-bond donors (Lipinski definition) is 0. The molecule has 0 aliphatic carbocycles. The van der Waals surface area contributed by atoms with E-state index in [-0.39, 0.29) is 11.6 Å². The van der Waals surface area contributed by atoms with Gasteiger partial charge in [-0.05, 0) is 49.2 Å². The van der Waals surface area contributed by atoms with Gasteiger partial charge in [0.2, 0.25) is 5.88 Å². The number of likely N-dealkylation sites (tertiary alicyclic amines) is 1. The highest BCUT2D eigenvalue weighted by atomic mass is 19.1. The molecule has 1 fully saturated rings. The Labute approximate surface area is 175 Å². The Hall–Kier alpha value is -2.86. The van der Waals surface area contributed by atoms with Crippen LogP contribution in [0.5, 0.6) is 5.88 Å². The van der Waals surface area contributed by atoms with Crippen LogP contribution in [-0.4, -0.2) is 46.9 Å². The number of rotatable bonds is 8. The van der Waals surface area contributed by atoms with Gasteiger partial charge in [0.25, 0.3) is 0 Å². The number of hydrogen-bond acceptors (Lipinski definition) is 5. The zero-order valence-electron chi connectivity index (χ0n) is 17.0. The first-order valence-corrected chi connectivity index (χ1v) is 10.5. The van der Waals surface area contributed by atoms with E-state index in [1.54, 1.807) is 12.1 Å². The molecule has 1 saturated heterocycles. The molecule has 4 rings (SSSR count). The molecule has 2 heterocycles. The van der Waals surface area contributed by atoms with Crippen LogP contribution in [0.15, 0.2) is 54.9 Å². The average Bonchev–Trinajstić information content (AvgIpc) is 2.78. The van der Waals surface area contributed by atoms with Gasteiger partial charge in [-0.2, -0.15) is 0 Å². The second kappa shape index (κ2) is 9.76. The van der Waals surface area contributed by atoms with Crippen LogP contribution in [0.25, 0.3) is 10.9 Å². The van der Waals surface area contributed by atoms with Crippen LogP contribution in [0.2, 0.25) is 0 Å². The standard InChI is InChI=1S/C24H26FN3O2/c25-20-9-7-18(8-10-20)14-21(29)11-13-28-12-3-4-19(15-28)16-30-24-22-5-1-2-6-23(22)26-17-27-24/h1-2,5-10,17,19H,3-4,11-16H2. The number of piperidine rings is 1. The van der Waals surface area contributed by atoms with Crippen LogP contribution in [0.3, 0.4) is 0 Å². The molecule has 1 unspecified atom stereocenters. The Bertz CT molecular complexity index is 988. The lowest BCUT2D eigenvalue weighted by molar-refractivity contribution is -0.118. The number of benzene rings is 2. The second-order valence-corrected chi connectivity index (χ2v) is 7.91. The third kappa shape index (κ3) is 5.39. The zero-order chi connectivity index (χ0) is 20.8. The molecule has 1 aliphatic heterocycles. The van der Waals surface area contributed by atoms with Crippen LogP contribution >= 0.6 is 0 Å². The molecule has 30 heavy (non-hydrogen) atoms. The Morgan fingerprint density at radius 3 is 2.83 bits per heavy atom. The number of carbonyl (C=O) groups is 1. The van der Waals surface area contributed by atoms with E-state index in [1.807, 2.05) is 24.3 Å². The first-order valence-electron chi connectivity index (χ1n) is 10.5. The van der Waals surface area contributed by atoms with E-state index < -0.39 is 0 Å². The van der Waals surface area contributed by atoms with E-state index in [2.05, 4.69) is 14.9 Å². The summed E-state index contributed by atoms with van der Waals surface area (Å²) >= 11 is 0. The minimum Gasteiger partial charge on any atom is -0.477 e. The van der Waals surface area contributed by atoms with E-state index in [4.69, 9.17) is 4.74 Å². The highest BCUT2D eigenvalue weighted by molar-refractivity contribution is 5.83. The number of ether oxygens (including phenoxy) is 1. The van der Waals surface area contributed by atoms with Gasteiger partial charge in [-0.15, -0.1) is 0 Å². The first kappa shape index (κ1) is 20.4. The fraction of sp³-hybridized carbons (Fsp3) is 0.375. The molecular formula is C24H26FN3O2. The summed E-state index contributed by atoms with van der Waals surface area (Å²) in [6.45, 7) is 3.30. The quantitative estimate of drug-likeness (QED) is 0.564. The predicted octanol–water partition coefficient (Wildman–Crippen LogP) is 4.06. The maximum Gasteiger partial charge on any atom is 0.224 e. The van der Waals surface area contributed by atoms with Crippen molar-refractivity contribution in [3.8, 4) is 5.88 Å². The van der Waals surface area contributed by atoms with E-state index in [0.717, 1.165) is 48.9 Å². The van der Waals surface area contributed by atoms with Gasteiger partial charge in [0.05, 0.1) is 17.5 Å². The summed E-state index contributed by atoms with van der Waals surface area (Å²) in [6, 6.07) is 14.0. The van der Waals surface area contributed by atoms with Gasteiger partial charge < -0.3 is 9.64 Å². The van der Waals surface area contributed by atoms with Crippen molar-refractivity contribution in [2.24, 2.45) is 5.92 Å². The summed E-state index contributed by atoms with van der Waals surface area (Å²) in [5, 5.41) is 0.930. The molecule has 0 N–H and O–H groups in total. The SMILES string of the molecule is O=C(CCN1CCCC(COc2ncnc3ccccc23)C1)Cc1ccc(F)cc1. The molecular weight excluding hydrogens is 381 g/mol. The highest BCUT2D eigenvalue weighted by Gasteiger charge is 2.21. The Balaban J connectivity index is 1.25. The number of halogens is 1. The highest BCUT2D eigenvalue weighted by Crippen LogP contribution is 2.23. The van der Waals surface area contributed by atoms with E-state index in [0.29, 0.717) is 31.2 Å². The lowest BCUT2D eigenvalue weighted by atomic mass is 9.98. The molecule has 1 aromatic heterocycles. The van der Waals surface area contributed by atoms with Gasteiger partial charge in [-0.3, -0.25) is 4.79 Å². The van der Waals surface area contributed by atoms with Crippen molar-refractivity contribution < 1.29 is 13.9 Å². The third-order valence-corrected chi connectivity index (χ3v) is 5.59. The van der Waals surface area contributed by atoms with E-state index in [1.165, 1.54) is 18.5 Å². The van der Waals surface area contributed by atoms with Crippen LogP contribution in [0, 0.1) is 11.7 Å². The minimum absolute atomic E-state index is 0.187. The molecule has 0 saturated carbocycles. The molecule has 6 heteroatoms. The molecule has 2 aromatic carbocycles. The van der Waals surface area contributed by atoms with Gasteiger partial charge in [-0.25, -0.2) is 14.4 Å². The molecule has 1 atom stereocenters. The lowest BCUT2D eigenvalue weighted by Gasteiger charge is -2.32. The lowest BCUT2D eigenvalue weighted by Crippen LogP contribution is -2.39. The topological polar surface area (TPSA) is 55.3 Å². The summed E-state index contributed by atoms with van der Waals surface area (Å²) < 4.78 is 19.0.